The first-order chi connectivity index (χ1) is 17.6. The van der Waals surface area contributed by atoms with Crippen molar-refractivity contribution in [3.8, 4) is 0 Å². The molecule has 2 aromatic carbocycles. The summed E-state index contributed by atoms with van der Waals surface area (Å²) in [7, 11) is 0. The van der Waals surface area contributed by atoms with Crippen LogP contribution in [0.15, 0.2) is 48.5 Å². The number of likely N-dealkylation sites (N-methyl/N-ethyl adjacent to an activating group) is 1. The molecular formula is C30H43F3N2O2. The van der Waals surface area contributed by atoms with E-state index in [9.17, 15) is 22.8 Å². The van der Waals surface area contributed by atoms with Gasteiger partial charge in [0.05, 0.1) is 0 Å². The van der Waals surface area contributed by atoms with Crippen molar-refractivity contribution in [3.05, 3.63) is 65.5 Å². The maximum absolute atomic E-state index is 14.1. The molecule has 0 N–H and O–H groups in total. The molecule has 0 bridgehead atoms. The lowest BCUT2D eigenvalue weighted by Gasteiger charge is -2.41. The van der Waals surface area contributed by atoms with Gasteiger partial charge in [0.25, 0.3) is 5.91 Å². The lowest BCUT2D eigenvalue weighted by molar-refractivity contribution is -0.139. The number of halogens is 3. The number of unbranched alkanes of at least 4 members (excludes halogenated alkanes) is 1. The van der Waals surface area contributed by atoms with Gasteiger partial charge in [0.2, 0.25) is 11.8 Å². The van der Waals surface area contributed by atoms with Gasteiger partial charge in [0, 0.05) is 39.0 Å². The molecule has 0 aromatic heterocycles. The van der Waals surface area contributed by atoms with Crippen molar-refractivity contribution in [2.75, 3.05) is 11.4 Å². The Labute approximate surface area is 221 Å². The Morgan fingerprint density at radius 3 is 2.14 bits per heavy atom. The molecule has 0 radical (unpaired) electrons. The second-order valence-corrected chi connectivity index (χ2v) is 9.57. The van der Waals surface area contributed by atoms with E-state index in [2.05, 4.69) is 13.8 Å². The van der Waals surface area contributed by atoms with Crippen LogP contribution in [0, 0.1) is 12.7 Å². The summed E-state index contributed by atoms with van der Waals surface area (Å²) in [6, 6.07) is 11.5. The van der Waals surface area contributed by atoms with Crippen LogP contribution in [0.1, 0.15) is 91.2 Å². The number of hydrogen-bond donors (Lipinski definition) is 0. The van der Waals surface area contributed by atoms with E-state index in [0.717, 1.165) is 5.56 Å². The number of rotatable bonds is 8. The van der Waals surface area contributed by atoms with E-state index in [4.69, 9.17) is 0 Å². The van der Waals surface area contributed by atoms with Crippen molar-refractivity contribution >= 4 is 17.5 Å². The fourth-order valence-corrected chi connectivity index (χ4v) is 4.60. The summed E-state index contributed by atoms with van der Waals surface area (Å²) in [4.78, 5) is 30.2. The highest BCUT2D eigenvalue weighted by Crippen LogP contribution is 2.38. The van der Waals surface area contributed by atoms with Crippen LogP contribution in [0.2, 0.25) is 0 Å². The molecule has 0 aliphatic heterocycles. The Balaban J connectivity index is 0.00000135. The van der Waals surface area contributed by atoms with Crippen LogP contribution >= 0.6 is 0 Å². The standard InChI is InChI=1S/C26H31F3N2O2.C4H10.H2/c1-4-23(32)31(21-11-8-10-19(27)17-21)24(22-12-7-6-9-18(22)3)25(33)30(5-2)20-13-15-26(28,29)16-14-20;1-3-4-2;/h6-12,17,20,24H,4-5,13-16H2,1-3H3;3-4H2,1-2H3;1H. The maximum atomic E-state index is 14.1. The average Bonchev–Trinajstić information content (AvgIpc) is 2.88. The van der Waals surface area contributed by atoms with Crippen molar-refractivity contribution in [3.63, 3.8) is 0 Å². The molecule has 0 saturated heterocycles. The second-order valence-electron chi connectivity index (χ2n) is 9.57. The van der Waals surface area contributed by atoms with Crippen molar-refractivity contribution in [2.24, 2.45) is 0 Å². The molecule has 0 heterocycles. The lowest BCUT2D eigenvalue weighted by Crippen LogP contribution is -2.50. The summed E-state index contributed by atoms with van der Waals surface area (Å²) in [5.74, 6) is -3.89. The van der Waals surface area contributed by atoms with Crippen LogP contribution in [0.25, 0.3) is 0 Å². The van der Waals surface area contributed by atoms with Gasteiger partial charge >= 0.3 is 0 Å². The highest BCUT2D eigenvalue weighted by Gasteiger charge is 2.41. The number of benzene rings is 2. The second kappa shape index (κ2) is 14.2. The fourth-order valence-electron chi connectivity index (χ4n) is 4.60. The predicted octanol–water partition coefficient (Wildman–Crippen LogP) is 8.10. The third-order valence-electron chi connectivity index (χ3n) is 6.88. The van der Waals surface area contributed by atoms with E-state index < -0.39 is 17.8 Å². The number of carbonyl (C=O) groups excluding carboxylic acids is 2. The SMILES string of the molecule is CCC(=O)N(c1cccc(F)c1)C(C(=O)N(CC)C1CCC(F)(F)CC1)c1ccccc1C.CCCC.[HH]. The highest BCUT2D eigenvalue weighted by atomic mass is 19.3. The summed E-state index contributed by atoms with van der Waals surface area (Å²) >= 11 is 0. The third kappa shape index (κ3) is 8.08. The number of carbonyl (C=O) groups is 2. The number of aryl methyl sites for hydroxylation is 1. The first-order valence-electron chi connectivity index (χ1n) is 13.4. The molecule has 4 nitrogen and oxygen atoms in total. The van der Waals surface area contributed by atoms with Crippen LogP contribution in [0.3, 0.4) is 0 Å². The van der Waals surface area contributed by atoms with E-state index in [1.54, 1.807) is 30.0 Å². The van der Waals surface area contributed by atoms with E-state index in [1.165, 1.54) is 35.9 Å². The van der Waals surface area contributed by atoms with Crippen LogP contribution in [-0.4, -0.2) is 35.2 Å². The Morgan fingerprint density at radius 1 is 1.00 bits per heavy atom. The topological polar surface area (TPSA) is 40.6 Å². The van der Waals surface area contributed by atoms with Crippen molar-refractivity contribution in [1.29, 1.82) is 0 Å². The predicted molar refractivity (Wildman–Crippen MR) is 145 cm³/mol. The molecule has 37 heavy (non-hydrogen) atoms. The molecule has 1 fully saturated rings. The Hall–Kier alpha value is -2.83. The van der Waals surface area contributed by atoms with Gasteiger partial charge in [0.15, 0.2) is 0 Å². The smallest absolute Gasteiger partial charge is 0.250 e. The molecule has 2 aromatic rings. The summed E-state index contributed by atoms with van der Waals surface area (Å²) in [5, 5.41) is 0. The summed E-state index contributed by atoms with van der Waals surface area (Å²) in [5.41, 5.74) is 1.73. The Kier molecular flexibility index (Phi) is 11.7. The summed E-state index contributed by atoms with van der Waals surface area (Å²) < 4.78 is 41.7. The summed E-state index contributed by atoms with van der Waals surface area (Å²) in [6.07, 6.45) is 2.63. The van der Waals surface area contributed by atoms with Crippen LogP contribution in [0.5, 0.6) is 0 Å². The van der Waals surface area contributed by atoms with Gasteiger partial charge in [0.1, 0.15) is 11.9 Å². The lowest BCUT2D eigenvalue weighted by atomic mass is 9.89. The minimum atomic E-state index is -2.71. The number of anilines is 1. The average molecular weight is 521 g/mol. The van der Waals surface area contributed by atoms with Gasteiger partial charge in [-0.05, 0) is 56.0 Å². The zero-order chi connectivity index (χ0) is 27.6. The minimum absolute atomic E-state index is 0. The van der Waals surface area contributed by atoms with Gasteiger partial charge < -0.3 is 4.90 Å². The van der Waals surface area contributed by atoms with Gasteiger partial charge in [-0.3, -0.25) is 14.5 Å². The normalized spacial score (nSPS) is 15.8. The molecule has 1 aliphatic rings. The van der Waals surface area contributed by atoms with Crippen LogP contribution < -0.4 is 4.90 Å². The van der Waals surface area contributed by atoms with Gasteiger partial charge in [-0.2, -0.15) is 0 Å². The van der Waals surface area contributed by atoms with Crippen molar-refractivity contribution < 1.29 is 24.2 Å². The number of hydrogen-bond acceptors (Lipinski definition) is 2. The number of amides is 2. The Bertz CT molecular complexity index is 1020. The molecule has 1 aliphatic carbocycles. The third-order valence-corrected chi connectivity index (χ3v) is 6.88. The minimum Gasteiger partial charge on any atom is -0.338 e. The molecule has 2 amide bonds. The zero-order valence-corrected chi connectivity index (χ0v) is 22.8. The van der Waals surface area contributed by atoms with E-state index >= 15 is 0 Å². The molecule has 1 saturated carbocycles. The summed E-state index contributed by atoms with van der Waals surface area (Å²) in [6.45, 7) is 10.0. The van der Waals surface area contributed by atoms with E-state index in [0.29, 0.717) is 12.1 Å². The molecule has 1 unspecified atom stereocenters. The fraction of sp³-hybridized carbons (Fsp3) is 0.533. The van der Waals surface area contributed by atoms with E-state index in [-0.39, 0.29) is 57.1 Å². The number of nitrogens with zero attached hydrogens (tertiary/aromatic N) is 2. The van der Waals surface area contributed by atoms with Crippen molar-refractivity contribution in [1.82, 2.24) is 4.90 Å². The first-order valence-corrected chi connectivity index (χ1v) is 13.4. The molecule has 7 heteroatoms. The van der Waals surface area contributed by atoms with Crippen LogP contribution in [-0.2, 0) is 9.59 Å². The van der Waals surface area contributed by atoms with Gasteiger partial charge in [-0.1, -0.05) is 63.9 Å². The molecular weight excluding hydrogens is 477 g/mol. The van der Waals surface area contributed by atoms with Gasteiger partial charge in [-0.15, -0.1) is 0 Å². The zero-order valence-electron chi connectivity index (χ0n) is 22.8. The molecule has 0 spiro atoms. The highest BCUT2D eigenvalue weighted by molar-refractivity contribution is 6.01. The maximum Gasteiger partial charge on any atom is 0.250 e. The molecule has 1 atom stereocenters. The largest absolute Gasteiger partial charge is 0.338 e. The monoisotopic (exact) mass is 520 g/mol. The molecule has 3 rings (SSSR count). The van der Waals surface area contributed by atoms with Gasteiger partial charge in [-0.25, -0.2) is 13.2 Å². The van der Waals surface area contributed by atoms with Crippen LogP contribution in [0.4, 0.5) is 18.9 Å². The van der Waals surface area contributed by atoms with E-state index in [1.807, 2.05) is 26.0 Å². The quantitative estimate of drug-likeness (QED) is 0.353. The molecule has 206 valence electrons. The first kappa shape index (κ1) is 30.4. The van der Waals surface area contributed by atoms with Crippen molar-refractivity contribution in [2.45, 2.75) is 97.6 Å². The Morgan fingerprint density at radius 2 is 1.62 bits per heavy atom. The number of alkyl halides is 2.